The molecule has 18 heavy (non-hydrogen) atoms. The van der Waals surface area contributed by atoms with Crippen LogP contribution in [0.3, 0.4) is 0 Å². The molecule has 1 rings (SSSR count). The van der Waals surface area contributed by atoms with Gasteiger partial charge in [-0.05, 0) is 11.6 Å². The zero-order valence-electron chi connectivity index (χ0n) is 9.91. The lowest BCUT2D eigenvalue weighted by Crippen LogP contribution is -2.24. The van der Waals surface area contributed by atoms with E-state index in [9.17, 15) is 18.3 Å². The summed E-state index contributed by atoms with van der Waals surface area (Å²) in [6.45, 7) is -1.71. The third kappa shape index (κ3) is 5.37. The van der Waals surface area contributed by atoms with Gasteiger partial charge in [0.25, 0.3) is 0 Å². The second kappa shape index (κ2) is 6.61. The fourth-order valence-electron chi connectivity index (χ4n) is 1.50. The molecule has 0 radical (unpaired) electrons. The highest BCUT2D eigenvalue weighted by molar-refractivity contribution is 5.33. The summed E-state index contributed by atoms with van der Waals surface area (Å²) in [6, 6.07) is 7.00. The van der Waals surface area contributed by atoms with Crippen molar-refractivity contribution in [3.8, 4) is 5.75 Å². The Morgan fingerprint density at radius 1 is 1.28 bits per heavy atom. The second-order valence-corrected chi connectivity index (χ2v) is 3.80. The first-order chi connectivity index (χ1) is 8.42. The molecule has 1 unspecified atom stereocenters. The van der Waals surface area contributed by atoms with Gasteiger partial charge < -0.3 is 14.6 Å². The first-order valence-corrected chi connectivity index (χ1v) is 5.37. The standard InChI is InChI=1S/C12H15F3O3/c1-17-11-5-3-2-4-9(11)6-10(16)7-18-8-12(13,14)15/h2-5,10,16H,6-8H2,1H3. The van der Waals surface area contributed by atoms with Crippen LogP contribution >= 0.6 is 0 Å². The highest BCUT2D eigenvalue weighted by Gasteiger charge is 2.27. The molecule has 1 aromatic rings. The van der Waals surface area contributed by atoms with Crippen LogP contribution in [0.2, 0.25) is 0 Å². The molecule has 0 spiro atoms. The monoisotopic (exact) mass is 264 g/mol. The number of halogens is 3. The van der Waals surface area contributed by atoms with Crippen LogP contribution in [0.15, 0.2) is 24.3 Å². The van der Waals surface area contributed by atoms with Gasteiger partial charge in [0, 0.05) is 6.42 Å². The lowest BCUT2D eigenvalue weighted by molar-refractivity contribution is -0.179. The van der Waals surface area contributed by atoms with Crippen molar-refractivity contribution >= 4 is 0 Å². The highest BCUT2D eigenvalue weighted by atomic mass is 19.4. The Bertz CT molecular complexity index is 366. The summed E-state index contributed by atoms with van der Waals surface area (Å²) < 4.78 is 44.9. The van der Waals surface area contributed by atoms with Crippen molar-refractivity contribution < 1.29 is 27.8 Å². The van der Waals surface area contributed by atoms with Crippen molar-refractivity contribution in [1.29, 1.82) is 0 Å². The number of benzene rings is 1. The molecule has 0 heterocycles. The number of alkyl halides is 3. The molecule has 0 amide bonds. The molecule has 0 aliphatic rings. The SMILES string of the molecule is COc1ccccc1CC(O)COCC(F)(F)F. The molecule has 1 atom stereocenters. The van der Waals surface area contributed by atoms with Crippen LogP contribution in [0.1, 0.15) is 5.56 Å². The molecule has 0 bridgehead atoms. The first kappa shape index (κ1) is 14.8. The molecule has 0 fully saturated rings. The summed E-state index contributed by atoms with van der Waals surface area (Å²) in [5.41, 5.74) is 0.725. The van der Waals surface area contributed by atoms with E-state index in [1.54, 1.807) is 24.3 Å². The van der Waals surface area contributed by atoms with Gasteiger partial charge in [-0.3, -0.25) is 0 Å². The van der Waals surface area contributed by atoms with Crippen molar-refractivity contribution in [1.82, 2.24) is 0 Å². The Hall–Kier alpha value is -1.27. The zero-order chi connectivity index (χ0) is 13.6. The number of aliphatic hydroxyl groups excluding tert-OH is 1. The Kier molecular flexibility index (Phi) is 5.43. The minimum absolute atomic E-state index is 0.182. The van der Waals surface area contributed by atoms with E-state index in [0.29, 0.717) is 5.75 Å². The molecule has 0 saturated carbocycles. The molecule has 0 aromatic heterocycles. The first-order valence-electron chi connectivity index (χ1n) is 5.37. The summed E-state index contributed by atoms with van der Waals surface area (Å²) in [5, 5.41) is 9.57. The van der Waals surface area contributed by atoms with Crippen LogP contribution < -0.4 is 4.74 Å². The Labute approximate surface area is 103 Å². The lowest BCUT2D eigenvalue weighted by Gasteiger charge is -2.14. The highest BCUT2D eigenvalue weighted by Crippen LogP contribution is 2.19. The summed E-state index contributed by atoms with van der Waals surface area (Å²) in [6.07, 6.45) is -5.19. The predicted molar refractivity (Wildman–Crippen MR) is 59.6 cm³/mol. The van der Waals surface area contributed by atoms with E-state index in [1.165, 1.54) is 7.11 Å². The molecule has 1 N–H and O–H groups in total. The molecule has 6 heteroatoms. The molecule has 3 nitrogen and oxygen atoms in total. The van der Waals surface area contributed by atoms with Gasteiger partial charge in [-0.1, -0.05) is 18.2 Å². The maximum absolute atomic E-state index is 11.8. The van der Waals surface area contributed by atoms with Gasteiger partial charge in [-0.25, -0.2) is 0 Å². The smallest absolute Gasteiger partial charge is 0.411 e. The van der Waals surface area contributed by atoms with Gasteiger partial charge >= 0.3 is 6.18 Å². The second-order valence-electron chi connectivity index (χ2n) is 3.80. The predicted octanol–water partition coefficient (Wildman–Crippen LogP) is 2.18. The van der Waals surface area contributed by atoms with Crippen molar-refractivity contribution in [2.45, 2.75) is 18.7 Å². The van der Waals surface area contributed by atoms with E-state index < -0.39 is 18.9 Å². The quantitative estimate of drug-likeness (QED) is 0.856. The number of methoxy groups -OCH3 is 1. The molecule has 102 valence electrons. The van der Waals surface area contributed by atoms with Crippen molar-refractivity contribution in [3.63, 3.8) is 0 Å². The van der Waals surface area contributed by atoms with E-state index in [0.717, 1.165) is 5.56 Å². The zero-order valence-corrected chi connectivity index (χ0v) is 9.91. The minimum atomic E-state index is -4.37. The minimum Gasteiger partial charge on any atom is -0.496 e. The van der Waals surface area contributed by atoms with Gasteiger partial charge in [0.15, 0.2) is 0 Å². The van der Waals surface area contributed by atoms with Gasteiger partial charge in [-0.15, -0.1) is 0 Å². The lowest BCUT2D eigenvalue weighted by atomic mass is 10.1. The third-order valence-corrected chi connectivity index (χ3v) is 2.22. The Morgan fingerprint density at radius 3 is 2.56 bits per heavy atom. The molecule has 0 aliphatic carbocycles. The normalized spacial score (nSPS) is 13.4. The molecule has 1 aromatic carbocycles. The van der Waals surface area contributed by atoms with Crippen LogP contribution in [0.4, 0.5) is 13.2 Å². The summed E-state index contributed by atoms with van der Waals surface area (Å²) in [5.74, 6) is 0.590. The number of rotatable bonds is 6. The number of para-hydroxylation sites is 1. The number of aliphatic hydroxyl groups is 1. The Morgan fingerprint density at radius 2 is 1.94 bits per heavy atom. The van der Waals surface area contributed by atoms with Crippen molar-refractivity contribution in [2.75, 3.05) is 20.3 Å². The average molecular weight is 264 g/mol. The van der Waals surface area contributed by atoms with Crippen LogP contribution in [0.5, 0.6) is 5.75 Å². The van der Waals surface area contributed by atoms with E-state index in [4.69, 9.17) is 4.74 Å². The maximum atomic E-state index is 11.8. The average Bonchev–Trinajstić information content (AvgIpc) is 2.28. The fraction of sp³-hybridized carbons (Fsp3) is 0.500. The third-order valence-electron chi connectivity index (χ3n) is 2.22. The van der Waals surface area contributed by atoms with E-state index in [1.807, 2.05) is 0 Å². The van der Waals surface area contributed by atoms with Crippen LogP contribution in [-0.2, 0) is 11.2 Å². The molecular weight excluding hydrogens is 249 g/mol. The fourth-order valence-corrected chi connectivity index (χ4v) is 1.50. The van der Waals surface area contributed by atoms with Crippen molar-refractivity contribution in [3.05, 3.63) is 29.8 Å². The van der Waals surface area contributed by atoms with E-state index in [-0.39, 0.29) is 13.0 Å². The number of hydrogen-bond acceptors (Lipinski definition) is 3. The van der Waals surface area contributed by atoms with Crippen molar-refractivity contribution in [2.24, 2.45) is 0 Å². The number of hydrogen-bond donors (Lipinski definition) is 1. The van der Waals surface area contributed by atoms with Gasteiger partial charge in [-0.2, -0.15) is 13.2 Å². The topological polar surface area (TPSA) is 38.7 Å². The van der Waals surface area contributed by atoms with Crippen LogP contribution in [0.25, 0.3) is 0 Å². The molecule has 0 aliphatic heterocycles. The summed E-state index contributed by atoms with van der Waals surface area (Å²) >= 11 is 0. The number of ether oxygens (including phenoxy) is 2. The summed E-state index contributed by atoms with van der Waals surface area (Å²) in [7, 11) is 1.49. The summed E-state index contributed by atoms with van der Waals surface area (Å²) in [4.78, 5) is 0. The van der Waals surface area contributed by atoms with Crippen LogP contribution in [0, 0.1) is 0 Å². The van der Waals surface area contributed by atoms with E-state index in [2.05, 4.69) is 4.74 Å². The largest absolute Gasteiger partial charge is 0.496 e. The van der Waals surface area contributed by atoms with Gasteiger partial charge in [0.05, 0.1) is 19.8 Å². The molecular formula is C12H15F3O3. The van der Waals surface area contributed by atoms with E-state index >= 15 is 0 Å². The molecule has 0 saturated heterocycles. The Balaban J connectivity index is 2.42. The maximum Gasteiger partial charge on any atom is 0.411 e. The van der Waals surface area contributed by atoms with Gasteiger partial charge in [0.2, 0.25) is 0 Å². The van der Waals surface area contributed by atoms with Gasteiger partial charge in [0.1, 0.15) is 12.4 Å². The van der Waals surface area contributed by atoms with Crippen LogP contribution in [-0.4, -0.2) is 37.7 Å².